The quantitative estimate of drug-likeness (QED) is 0.375. The zero-order valence-electron chi connectivity index (χ0n) is 10.5. The molecule has 96 valence electrons. The molecule has 0 aliphatic rings. The lowest BCUT2D eigenvalue weighted by atomic mass is 10.0. The van der Waals surface area contributed by atoms with Gasteiger partial charge in [0.15, 0.2) is 8.11 Å². The molecule has 1 unspecified atom stereocenters. The first-order valence-corrected chi connectivity index (χ1v) is 9.46. The summed E-state index contributed by atoms with van der Waals surface area (Å²) < 4.78 is 0. The molecule has 1 atom stereocenters. The summed E-state index contributed by atoms with van der Waals surface area (Å²) in [6.07, 6.45) is 0. The third kappa shape index (κ3) is 3.00. The lowest BCUT2D eigenvalue weighted by Crippen LogP contribution is -2.30. The number of benzene rings is 2. The highest BCUT2D eigenvalue weighted by atomic mass is 35.6. The molecule has 0 heterocycles. The number of halogens is 1. The van der Waals surface area contributed by atoms with E-state index < -0.39 is 19.7 Å². The van der Waals surface area contributed by atoms with Crippen molar-refractivity contribution in [2.45, 2.75) is 6.55 Å². The molecule has 0 N–H and O–H groups in total. The summed E-state index contributed by atoms with van der Waals surface area (Å²) in [6, 6.07) is 15.7. The molecule has 2 aromatic carbocycles. The number of rotatable bonds is 4. The second-order valence-electron chi connectivity index (χ2n) is 4.23. The summed E-state index contributed by atoms with van der Waals surface area (Å²) in [5.41, 5.74) is 0.844. The first kappa shape index (κ1) is 13.7. The van der Waals surface area contributed by atoms with Crippen molar-refractivity contribution in [1.82, 2.24) is 0 Å². The second-order valence-corrected chi connectivity index (χ2v) is 8.05. The van der Waals surface area contributed by atoms with Crippen molar-refractivity contribution in [2.75, 3.05) is 0 Å². The Morgan fingerprint density at radius 3 is 2.11 bits per heavy atom. The summed E-state index contributed by atoms with van der Waals surface area (Å²) >= 11 is 6.18. The number of hydrogen-bond donors (Lipinski definition) is 0. The fraction of sp³-hybridized carbons (Fsp3) is 0.0667. The molecule has 19 heavy (non-hydrogen) atoms. The average molecular weight is 289 g/mol. The van der Waals surface area contributed by atoms with Crippen molar-refractivity contribution >= 4 is 35.9 Å². The molecule has 0 spiro atoms. The van der Waals surface area contributed by atoms with Crippen LogP contribution in [0.4, 0.5) is 0 Å². The van der Waals surface area contributed by atoms with E-state index in [0.717, 1.165) is 5.19 Å². The molecular formula is C15H13ClO2Si. The van der Waals surface area contributed by atoms with Gasteiger partial charge < -0.3 is 0 Å². The van der Waals surface area contributed by atoms with Gasteiger partial charge >= 0.3 is 0 Å². The van der Waals surface area contributed by atoms with Crippen molar-refractivity contribution in [3.05, 3.63) is 65.7 Å². The summed E-state index contributed by atoms with van der Waals surface area (Å²) in [5.74, 6) is -0.971. The lowest BCUT2D eigenvalue weighted by Gasteiger charge is -2.08. The Bertz CT molecular complexity index is 609. The Morgan fingerprint density at radius 1 is 0.895 bits per heavy atom. The first-order valence-electron chi connectivity index (χ1n) is 5.98. The molecular weight excluding hydrogens is 276 g/mol. The fourth-order valence-corrected chi connectivity index (χ4v) is 3.50. The Morgan fingerprint density at radius 2 is 1.47 bits per heavy atom. The number of ketones is 2. The van der Waals surface area contributed by atoms with Gasteiger partial charge in [-0.25, -0.2) is 0 Å². The van der Waals surface area contributed by atoms with E-state index >= 15 is 0 Å². The van der Waals surface area contributed by atoms with E-state index in [9.17, 15) is 9.59 Å². The predicted octanol–water partition coefficient (Wildman–Crippen LogP) is 2.55. The van der Waals surface area contributed by atoms with Gasteiger partial charge in [-0.3, -0.25) is 9.59 Å². The van der Waals surface area contributed by atoms with Crippen LogP contribution in [-0.2, 0) is 0 Å². The van der Waals surface area contributed by atoms with Gasteiger partial charge in [-0.15, -0.1) is 0 Å². The molecule has 0 amide bonds. The van der Waals surface area contributed by atoms with Crippen LogP contribution in [0.25, 0.3) is 0 Å². The molecule has 0 saturated carbocycles. The highest BCUT2D eigenvalue weighted by molar-refractivity contribution is 7.14. The van der Waals surface area contributed by atoms with Crippen LogP contribution in [0, 0.1) is 0 Å². The minimum Gasteiger partial charge on any atom is -0.285 e. The van der Waals surface area contributed by atoms with E-state index in [4.69, 9.17) is 11.1 Å². The van der Waals surface area contributed by atoms with E-state index in [1.807, 2.05) is 24.7 Å². The monoisotopic (exact) mass is 288 g/mol. The number of carbonyl (C=O) groups is 2. The zero-order chi connectivity index (χ0) is 13.8. The van der Waals surface area contributed by atoms with Crippen molar-refractivity contribution in [3.8, 4) is 0 Å². The van der Waals surface area contributed by atoms with Crippen LogP contribution in [0.1, 0.15) is 20.7 Å². The zero-order valence-corrected chi connectivity index (χ0v) is 12.4. The number of Topliss-reactive ketones (excluding diaryl/α,β-unsaturated/α-hetero) is 2. The van der Waals surface area contributed by atoms with Crippen LogP contribution in [0.15, 0.2) is 54.6 Å². The molecule has 2 nitrogen and oxygen atoms in total. The maximum atomic E-state index is 12.3. The molecule has 0 aliphatic heterocycles. The Labute approximate surface area is 118 Å². The van der Waals surface area contributed by atoms with Gasteiger partial charge in [0.05, 0.1) is 0 Å². The smallest absolute Gasteiger partial charge is 0.233 e. The molecule has 0 radical (unpaired) electrons. The minimum atomic E-state index is -1.66. The van der Waals surface area contributed by atoms with Crippen molar-refractivity contribution < 1.29 is 9.59 Å². The van der Waals surface area contributed by atoms with Crippen LogP contribution in [0.5, 0.6) is 0 Å². The number of carbonyl (C=O) groups excluding carboxylic acids is 2. The molecule has 2 aromatic rings. The third-order valence-electron chi connectivity index (χ3n) is 2.88. The highest BCUT2D eigenvalue weighted by Gasteiger charge is 2.22. The maximum absolute atomic E-state index is 12.3. The highest BCUT2D eigenvalue weighted by Crippen LogP contribution is 2.08. The van der Waals surface area contributed by atoms with Gasteiger partial charge in [0.2, 0.25) is 11.6 Å². The Balaban J connectivity index is 2.38. The Hall–Kier alpha value is -1.71. The SMILES string of the molecule is C[SiH](Cl)c1ccccc1C(=O)C(=O)c1ccccc1. The summed E-state index contributed by atoms with van der Waals surface area (Å²) in [5, 5.41) is 0.818. The molecule has 0 bridgehead atoms. The van der Waals surface area contributed by atoms with E-state index in [0.29, 0.717) is 11.1 Å². The van der Waals surface area contributed by atoms with Gasteiger partial charge in [-0.05, 0) is 5.19 Å². The fourth-order valence-electron chi connectivity index (χ4n) is 1.89. The summed E-state index contributed by atoms with van der Waals surface area (Å²) in [7, 11) is -1.66. The van der Waals surface area contributed by atoms with Crippen LogP contribution >= 0.6 is 11.1 Å². The Kier molecular flexibility index (Phi) is 4.30. The summed E-state index contributed by atoms with van der Waals surface area (Å²) in [4.78, 5) is 24.4. The predicted molar refractivity (Wildman–Crippen MR) is 80.0 cm³/mol. The second kappa shape index (κ2) is 5.95. The van der Waals surface area contributed by atoms with Crippen LogP contribution < -0.4 is 5.19 Å². The van der Waals surface area contributed by atoms with Crippen molar-refractivity contribution in [2.24, 2.45) is 0 Å². The van der Waals surface area contributed by atoms with Gasteiger partial charge in [0, 0.05) is 11.1 Å². The van der Waals surface area contributed by atoms with Crippen LogP contribution in [0.2, 0.25) is 6.55 Å². The largest absolute Gasteiger partial charge is 0.285 e. The summed E-state index contributed by atoms with van der Waals surface area (Å²) in [6.45, 7) is 1.92. The maximum Gasteiger partial charge on any atom is 0.233 e. The molecule has 0 saturated heterocycles. The normalized spacial score (nSPS) is 11.9. The van der Waals surface area contributed by atoms with E-state index in [-0.39, 0.29) is 0 Å². The van der Waals surface area contributed by atoms with Gasteiger partial charge in [0.1, 0.15) is 0 Å². The number of hydrogen-bond acceptors (Lipinski definition) is 2. The van der Waals surface area contributed by atoms with E-state index in [2.05, 4.69) is 0 Å². The van der Waals surface area contributed by atoms with Crippen LogP contribution in [-0.4, -0.2) is 19.7 Å². The van der Waals surface area contributed by atoms with E-state index in [1.54, 1.807) is 36.4 Å². The lowest BCUT2D eigenvalue weighted by molar-refractivity contribution is 0.0817. The van der Waals surface area contributed by atoms with Gasteiger partial charge in [0.25, 0.3) is 0 Å². The molecule has 0 fully saturated rings. The molecule has 0 aliphatic carbocycles. The molecule has 0 aromatic heterocycles. The van der Waals surface area contributed by atoms with Gasteiger partial charge in [-0.1, -0.05) is 61.1 Å². The average Bonchev–Trinajstić information content (AvgIpc) is 2.46. The van der Waals surface area contributed by atoms with E-state index in [1.165, 1.54) is 0 Å². The molecule has 2 rings (SSSR count). The van der Waals surface area contributed by atoms with Crippen molar-refractivity contribution in [1.29, 1.82) is 0 Å². The first-order chi connectivity index (χ1) is 9.11. The third-order valence-corrected chi connectivity index (χ3v) is 4.94. The van der Waals surface area contributed by atoms with Crippen LogP contribution in [0.3, 0.4) is 0 Å². The standard InChI is InChI=1S/C15H13ClO2Si/c1-19(16)13-10-6-5-9-12(13)15(18)14(17)11-7-3-2-4-8-11/h2-10,19H,1H3. The molecule has 4 heteroatoms. The minimum absolute atomic E-state index is 0.409. The topological polar surface area (TPSA) is 34.1 Å². The van der Waals surface area contributed by atoms with Gasteiger partial charge in [-0.2, -0.15) is 11.1 Å². The van der Waals surface area contributed by atoms with Crippen molar-refractivity contribution in [3.63, 3.8) is 0 Å².